The van der Waals surface area contributed by atoms with Crippen LogP contribution in [0.15, 0.2) is 0 Å². The van der Waals surface area contributed by atoms with Gasteiger partial charge >= 0.3 is 6.09 Å². The Balaban J connectivity index is 2.60. The van der Waals surface area contributed by atoms with E-state index in [1.54, 1.807) is 4.90 Å². The number of ether oxygens (including phenoxy) is 1. The number of piperidine rings is 1. The van der Waals surface area contributed by atoms with Crippen LogP contribution < -0.4 is 5.32 Å². The highest BCUT2D eigenvalue weighted by Crippen LogP contribution is 2.21. The molecule has 1 saturated heterocycles. The molecule has 0 aromatic carbocycles. The maximum absolute atomic E-state index is 11.3. The number of rotatable bonds is 1. The summed E-state index contributed by atoms with van der Waals surface area (Å²) in [5.41, 5.74) is 0. The number of carbonyl (C=O) groups is 1. The molecule has 4 nitrogen and oxygen atoms in total. The second-order valence-corrected chi connectivity index (χ2v) is 4.14. The van der Waals surface area contributed by atoms with Crippen molar-refractivity contribution in [1.29, 1.82) is 0 Å². The van der Waals surface area contributed by atoms with E-state index in [-0.39, 0.29) is 6.09 Å². The van der Waals surface area contributed by atoms with Crippen molar-refractivity contribution in [1.82, 2.24) is 10.2 Å². The lowest BCUT2D eigenvalue weighted by Crippen LogP contribution is -2.54. The molecule has 2 atom stereocenters. The fourth-order valence-corrected chi connectivity index (χ4v) is 2.40. The molecular weight excluding hydrogens is 180 g/mol. The van der Waals surface area contributed by atoms with Gasteiger partial charge in [-0.05, 0) is 18.9 Å². The van der Waals surface area contributed by atoms with Crippen LogP contribution in [-0.2, 0) is 4.74 Å². The molecule has 0 aromatic heterocycles. The van der Waals surface area contributed by atoms with Crippen LogP contribution in [0.25, 0.3) is 0 Å². The molecule has 0 saturated carbocycles. The minimum Gasteiger partial charge on any atom is -0.453 e. The van der Waals surface area contributed by atoms with E-state index in [0.717, 1.165) is 13.1 Å². The highest BCUT2D eigenvalue weighted by atomic mass is 16.5. The first-order valence-electron chi connectivity index (χ1n) is 5.10. The summed E-state index contributed by atoms with van der Waals surface area (Å²) >= 11 is 0. The third-order valence-electron chi connectivity index (χ3n) is 3.01. The second-order valence-electron chi connectivity index (χ2n) is 4.14. The monoisotopic (exact) mass is 200 g/mol. The SMILES string of the molecule is CNC1C(C)CN(C(=O)OC)CC1C. The summed E-state index contributed by atoms with van der Waals surface area (Å²) in [5.74, 6) is 0.950. The Bertz CT molecular complexity index is 196. The highest BCUT2D eigenvalue weighted by Gasteiger charge is 2.33. The molecule has 1 fully saturated rings. The summed E-state index contributed by atoms with van der Waals surface area (Å²) in [4.78, 5) is 13.1. The van der Waals surface area contributed by atoms with Crippen molar-refractivity contribution in [3.05, 3.63) is 0 Å². The van der Waals surface area contributed by atoms with Crippen LogP contribution in [0.1, 0.15) is 13.8 Å². The van der Waals surface area contributed by atoms with E-state index >= 15 is 0 Å². The van der Waals surface area contributed by atoms with Crippen LogP contribution in [0.4, 0.5) is 4.79 Å². The standard InChI is InChI=1S/C10H20N2O2/c1-7-5-12(10(13)14-4)6-8(2)9(7)11-3/h7-9,11H,5-6H2,1-4H3. The molecule has 1 N–H and O–H groups in total. The maximum Gasteiger partial charge on any atom is 0.409 e. The zero-order valence-corrected chi connectivity index (χ0v) is 9.41. The summed E-state index contributed by atoms with van der Waals surface area (Å²) in [6.07, 6.45) is -0.210. The van der Waals surface area contributed by atoms with Crippen molar-refractivity contribution < 1.29 is 9.53 Å². The van der Waals surface area contributed by atoms with Crippen molar-refractivity contribution >= 4 is 6.09 Å². The normalized spacial score (nSPS) is 32.9. The van der Waals surface area contributed by atoms with Crippen molar-refractivity contribution in [2.24, 2.45) is 11.8 Å². The average Bonchev–Trinajstić information content (AvgIpc) is 2.16. The van der Waals surface area contributed by atoms with Crippen LogP contribution in [0.5, 0.6) is 0 Å². The number of nitrogens with one attached hydrogen (secondary N) is 1. The summed E-state index contributed by atoms with van der Waals surface area (Å²) < 4.78 is 4.72. The number of amides is 1. The molecule has 0 spiro atoms. The Kier molecular flexibility index (Phi) is 3.75. The molecule has 0 bridgehead atoms. The molecule has 82 valence electrons. The summed E-state index contributed by atoms with van der Waals surface area (Å²) in [6, 6.07) is 0.496. The van der Waals surface area contributed by atoms with Gasteiger partial charge in [0.2, 0.25) is 0 Å². The predicted octanol–water partition coefficient (Wildman–Crippen LogP) is 0.929. The van der Waals surface area contributed by atoms with Crippen LogP contribution in [0.3, 0.4) is 0 Å². The Labute approximate surface area is 85.6 Å². The summed E-state index contributed by atoms with van der Waals surface area (Å²) in [7, 11) is 3.41. The second kappa shape index (κ2) is 4.64. The third-order valence-corrected chi connectivity index (χ3v) is 3.01. The van der Waals surface area contributed by atoms with Crippen molar-refractivity contribution in [2.75, 3.05) is 27.2 Å². The fraction of sp³-hybridized carbons (Fsp3) is 0.900. The van der Waals surface area contributed by atoms with E-state index in [4.69, 9.17) is 4.74 Å². The van der Waals surface area contributed by atoms with Gasteiger partial charge in [0.05, 0.1) is 7.11 Å². The smallest absolute Gasteiger partial charge is 0.409 e. The van der Waals surface area contributed by atoms with Gasteiger partial charge in [-0.2, -0.15) is 0 Å². The van der Waals surface area contributed by atoms with Gasteiger partial charge in [-0.3, -0.25) is 0 Å². The molecule has 0 radical (unpaired) electrons. The number of carbonyl (C=O) groups excluding carboxylic acids is 1. The van der Waals surface area contributed by atoms with Gasteiger partial charge in [-0.1, -0.05) is 13.8 Å². The maximum atomic E-state index is 11.3. The molecule has 0 aliphatic carbocycles. The predicted molar refractivity (Wildman–Crippen MR) is 55.2 cm³/mol. The van der Waals surface area contributed by atoms with Gasteiger partial charge in [-0.15, -0.1) is 0 Å². The summed E-state index contributed by atoms with van der Waals surface area (Å²) in [6.45, 7) is 5.88. The first-order chi connectivity index (χ1) is 6.60. The van der Waals surface area contributed by atoms with E-state index in [9.17, 15) is 4.79 Å². The molecule has 1 rings (SSSR count). The van der Waals surface area contributed by atoms with Crippen molar-refractivity contribution in [2.45, 2.75) is 19.9 Å². The first kappa shape index (κ1) is 11.3. The first-order valence-corrected chi connectivity index (χ1v) is 5.10. The molecule has 1 aliphatic heterocycles. The van der Waals surface area contributed by atoms with E-state index in [1.165, 1.54) is 7.11 Å². The molecule has 0 aromatic rings. The zero-order chi connectivity index (χ0) is 10.7. The van der Waals surface area contributed by atoms with E-state index in [2.05, 4.69) is 19.2 Å². The minimum atomic E-state index is -0.210. The number of likely N-dealkylation sites (tertiary alicyclic amines) is 1. The Morgan fingerprint density at radius 2 is 1.86 bits per heavy atom. The van der Waals surface area contributed by atoms with Crippen LogP contribution in [0.2, 0.25) is 0 Å². The molecular formula is C10H20N2O2. The number of hydrogen-bond acceptors (Lipinski definition) is 3. The van der Waals surface area contributed by atoms with Crippen molar-refractivity contribution in [3.63, 3.8) is 0 Å². The van der Waals surface area contributed by atoms with E-state index in [1.807, 2.05) is 7.05 Å². The van der Waals surface area contributed by atoms with Gasteiger partial charge in [0.15, 0.2) is 0 Å². The quantitative estimate of drug-likeness (QED) is 0.684. The summed E-state index contributed by atoms with van der Waals surface area (Å²) in [5, 5.41) is 3.30. The lowest BCUT2D eigenvalue weighted by molar-refractivity contribution is 0.0751. The molecule has 1 aliphatic rings. The van der Waals surface area contributed by atoms with Gasteiger partial charge in [-0.25, -0.2) is 4.79 Å². The number of hydrogen-bond donors (Lipinski definition) is 1. The Hall–Kier alpha value is -0.770. The van der Waals surface area contributed by atoms with Crippen LogP contribution in [-0.4, -0.2) is 44.3 Å². The zero-order valence-electron chi connectivity index (χ0n) is 9.41. The minimum absolute atomic E-state index is 0.210. The van der Waals surface area contributed by atoms with E-state index < -0.39 is 0 Å². The van der Waals surface area contributed by atoms with Crippen LogP contribution >= 0.6 is 0 Å². The molecule has 14 heavy (non-hydrogen) atoms. The van der Waals surface area contributed by atoms with Gasteiger partial charge in [0.25, 0.3) is 0 Å². The lowest BCUT2D eigenvalue weighted by Gasteiger charge is -2.40. The topological polar surface area (TPSA) is 41.6 Å². The fourth-order valence-electron chi connectivity index (χ4n) is 2.40. The lowest BCUT2D eigenvalue weighted by atomic mass is 9.86. The van der Waals surface area contributed by atoms with Crippen molar-refractivity contribution in [3.8, 4) is 0 Å². The van der Waals surface area contributed by atoms with Crippen LogP contribution in [0, 0.1) is 11.8 Å². The highest BCUT2D eigenvalue weighted by molar-refractivity contribution is 5.67. The molecule has 1 heterocycles. The van der Waals surface area contributed by atoms with Gasteiger partial charge in [0.1, 0.15) is 0 Å². The van der Waals surface area contributed by atoms with Gasteiger partial charge < -0.3 is 15.0 Å². The molecule has 2 unspecified atom stereocenters. The Morgan fingerprint density at radius 3 is 2.21 bits per heavy atom. The third kappa shape index (κ3) is 2.18. The molecule has 1 amide bonds. The molecule has 4 heteroatoms. The van der Waals surface area contributed by atoms with E-state index in [0.29, 0.717) is 17.9 Å². The average molecular weight is 200 g/mol. The van der Waals surface area contributed by atoms with Gasteiger partial charge in [0, 0.05) is 19.1 Å². The number of methoxy groups -OCH3 is 1. The Morgan fingerprint density at radius 1 is 1.36 bits per heavy atom. The largest absolute Gasteiger partial charge is 0.453 e. The number of nitrogens with zero attached hydrogens (tertiary/aromatic N) is 1.